The SMILES string of the molecule is C1=CC(c2ccccc2)(c2cccc3ccccc23)C2=c3ccccc3=[Si]C2=C1. The van der Waals surface area contributed by atoms with E-state index in [1.165, 1.54) is 42.7 Å². The fourth-order valence-electron chi connectivity index (χ4n) is 4.98. The first-order chi connectivity index (χ1) is 14.4. The Morgan fingerprint density at radius 1 is 0.655 bits per heavy atom. The molecule has 1 aliphatic heterocycles. The Hall–Kier alpha value is -3.29. The van der Waals surface area contributed by atoms with Crippen LogP contribution in [0.4, 0.5) is 0 Å². The molecule has 0 spiro atoms. The van der Waals surface area contributed by atoms with Gasteiger partial charge in [-0.3, -0.25) is 0 Å². The highest BCUT2D eigenvalue weighted by molar-refractivity contribution is 6.45. The van der Waals surface area contributed by atoms with Gasteiger partial charge in [-0.2, -0.15) is 0 Å². The quantitative estimate of drug-likeness (QED) is 0.407. The summed E-state index contributed by atoms with van der Waals surface area (Å²) in [6.45, 7) is 0. The maximum atomic E-state index is 2.41. The molecule has 1 aliphatic carbocycles. The van der Waals surface area contributed by atoms with E-state index in [1.54, 1.807) is 0 Å². The van der Waals surface area contributed by atoms with Gasteiger partial charge in [0.25, 0.3) is 0 Å². The lowest BCUT2D eigenvalue weighted by molar-refractivity contribution is 0.840. The van der Waals surface area contributed by atoms with Crippen molar-refractivity contribution in [1.29, 1.82) is 0 Å². The molecule has 0 fully saturated rings. The molecule has 2 aliphatic rings. The lowest BCUT2D eigenvalue weighted by atomic mass is 9.65. The third kappa shape index (κ3) is 2.34. The lowest BCUT2D eigenvalue weighted by Gasteiger charge is -2.37. The number of hydrogen-bond donors (Lipinski definition) is 0. The smallest absolute Gasteiger partial charge is 0.0652 e. The molecule has 0 amide bonds. The van der Waals surface area contributed by atoms with Gasteiger partial charge in [-0.15, -0.1) is 0 Å². The van der Waals surface area contributed by atoms with Crippen molar-refractivity contribution in [2.45, 2.75) is 5.41 Å². The van der Waals surface area contributed by atoms with Crippen LogP contribution in [0.25, 0.3) is 16.3 Å². The molecule has 1 unspecified atom stereocenters. The van der Waals surface area contributed by atoms with E-state index in [0.29, 0.717) is 9.13 Å². The van der Waals surface area contributed by atoms with Gasteiger partial charge in [-0.05, 0) is 42.7 Å². The lowest BCUT2D eigenvalue weighted by Crippen LogP contribution is -2.32. The maximum Gasteiger partial charge on any atom is 0.0699 e. The zero-order chi connectivity index (χ0) is 19.3. The van der Waals surface area contributed by atoms with E-state index >= 15 is 0 Å². The van der Waals surface area contributed by atoms with Crippen molar-refractivity contribution >= 4 is 25.5 Å². The summed E-state index contributed by atoms with van der Waals surface area (Å²) in [5.74, 6) is 0. The van der Waals surface area contributed by atoms with Gasteiger partial charge in [0.2, 0.25) is 0 Å². The Balaban J connectivity index is 1.83. The van der Waals surface area contributed by atoms with E-state index in [-0.39, 0.29) is 5.41 Å². The van der Waals surface area contributed by atoms with Crippen LogP contribution in [0.15, 0.2) is 120 Å². The van der Waals surface area contributed by atoms with Gasteiger partial charge in [0.1, 0.15) is 0 Å². The highest BCUT2D eigenvalue weighted by Crippen LogP contribution is 2.48. The van der Waals surface area contributed by atoms with Crippen molar-refractivity contribution in [3.63, 3.8) is 0 Å². The molecule has 0 bridgehead atoms. The van der Waals surface area contributed by atoms with Crippen LogP contribution in [-0.2, 0) is 5.41 Å². The molecular formula is C28H19Si. The zero-order valence-electron chi connectivity index (χ0n) is 16.0. The maximum absolute atomic E-state index is 2.41. The summed E-state index contributed by atoms with van der Waals surface area (Å²) in [7, 11) is 0.716. The largest absolute Gasteiger partial charge is 0.0699 e. The molecule has 1 radical (unpaired) electrons. The third-order valence-electron chi connectivity index (χ3n) is 6.18. The number of benzene rings is 4. The Kier molecular flexibility index (Phi) is 3.65. The normalized spacial score (nSPS) is 19.4. The van der Waals surface area contributed by atoms with Crippen LogP contribution in [0.2, 0.25) is 0 Å². The first kappa shape index (κ1) is 16.6. The fourth-order valence-corrected chi connectivity index (χ4v) is 6.42. The number of allylic oxidation sites excluding steroid dienone is 4. The van der Waals surface area contributed by atoms with Crippen LogP contribution in [0.3, 0.4) is 0 Å². The van der Waals surface area contributed by atoms with Crippen molar-refractivity contribution < 1.29 is 0 Å². The first-order valence-electron chi connectivity index (χ1n) is 10.1. The Morgan fingerprint density at radius 3 is 2.34 bits per heavy atom. The van der Waals surface area contributed by atoms with E-state index in [4.69, 9.17) is 0 Å². The molecule has 0 nitrogen and oxygen atoms in total. The van der Waals surface area contributed by atoms with Crippen LogP contribution in [0.5, 0.6) is 0 Å². The predicted molar refractivity (Wildman–Crippen MR) is 122 cm³/mol. The Bertz CT molecular complexity index is 1440. The number of hydrogen-bond acceptors (Lipinski definition) is 0. The van der Waals surface area contributed by atoms with E-state index in [9.17, 15) is 0 Å². The Labute approximate surface area is 172 Å². The van der Waals surface area contributed by atoms with E-state index < -0.39 is 0 Å². The molecule has 135 valence electrons. The molecule has 1 heterocycles. The van der Waals surface area contributed by atoms with E-state index in [0.717, 1.165) is 0 Å². The summed E-state index contributed by atoms with van der Waals surface area (Å²) in [6, 6.07) is 35.5. The predicted octanol–water partition coefficient (Wildman–Crippen LogP) is 5.40. The molecular weight excluding hydrogens is 364 g/mol. The second-order valence-corrected chi connectivity index (χ2v) is 9.01. The summed E-state index contributed by atoms with van der Waals surface area (Å²) in [5.41, 5.74) is 3.86. The minimum Gasteiger partial charge on any atom is -0.0652 e. The van der Waals surface area contributed by atoms with Crippen molar-refractivity contribution in [1.82, 2.24) is 0 Å². The van der Waals surface area contributed by atoms with Crippen LogP contribution < -0.4 is 5.22 Å². The first-order valence-corrected chi connectivity index (χ1v) is 11.1. The van der Waals surface area contributed by atoms with Crippen molar-refractivity contribution in [2.75, 3.05) is 0 Å². The minimum atomic E-state index is -0.286. The summed E-state index contributed by atoms with van der Waals surface area (Å²) in [6.07, 6.45) is 7.00. The average Bonchev–Trinajstić information content (AvgIpc) is 3.18. The Morgan fingerprint density at radius 2 is 1.41 bits per heavy atom. The van der Waals surface area contributed by atoms with Gasteiger partial charge in [0.05, 0.1) is 14.5 Å². The third-order valence-corrected chi connectivity index (χ3v) is 7.57. The molecule has 4 aromatic carbocycles. The van der Waals surface area contributed by atoms with Crippen LogP contribution in [0.1, 0.15) is 11.1 Å². The zero-order valence-corrected chi connectivity index (χ0v) is 17.0. The number of fused-ring (bicyclic) bond motifs is 3. The molecule has 0 saturated heterocycles. The van der Waals surface area contributed by atoms with Gasteiger partial charge < -0.3 is 0 Å². The average molecular weight is 384 g/mol. The topological polar surface area (TPSA) is 0 Å². The standard InChI is InChI=1S/C28H19Si/c1-2-12-21(13-3-1)28(24-16-8-11-20-10-4-5-14-22(20)24)19-9-18-26-27(28)23-15-6-7-17-25(23)29-26/h1-19H. The van der Waals surface area contributed by atoms with Crippen LogP contribution in [-0.4, -0.2) is 9.13 Å². The molecule has 0 saturated carbocycles. The van der Waals surface area contributed by atoms with Crippen LogP contribution in [0, 0.1) is 4.81 Å². The second kappa shape index (κ2) is 6.37. The number of rotatable bonds is 2. The van der Waals surface area contributed by atoms with Crippen LogP contribution >= 0.6 is 0 Å². The molecule has 1 heteroatoms. The van der Waals surface area contributed by atoms with Gasteiger partial charge in [-0.1, -0.05) is 115 Å². The van der Waals surface area contributed by atoms with Gasteiger partial charge >= 0.3 is 0 Å². The fraction of sp³-hybridized carbons (Fsp3) is 0.0357. The molecule has 0 N–H and O–H groups in total. The molecule has 0 aromatic heterocycles. The van der Waals surface area contributed by atoms with Crippen molar-refractivity contribution in [2.24, 2.45) is 0 Å². The highest BCUT2D eigenvalue weighted by Gasteiger charge is 2.40. The summed E-state index contributed by atoms with van der Waals surface area (Å²) >= 11 is 0. The molecule has 1 atom stereocenters. The van der Waals surface area contributed by atoms with Crippen molar-refractivity contribution in [3.8, 4) is 0 Å². The molecule has 4 aromatic rings. The summed E-state index contributed by atoms with van der Waals surface area (Å²) < 4.78 is 0. The minimum absolute atomic E-state index is 0.286. The van der Waals surface area contributed by atoms with E-state index in [1.807, 2.05) is 0 Å². The monoisotopic (exact) mass is 383 g/mol. The molecule has 29 heavy (non-hydrogen) atoms. The van der Waals surface area contributed by atoms with Gasteiger partial charge in [0.15, 0.2) is 0 Å². The summed E-state index contributed by atoms with van der Waals surface area (Å²) in [4.78, 5) is 1.46. The molecule has 6 rings (SSSR count). The second-order valence-electron chi connectivity index (χ2n) is 7.69. The highest BCUT2D eigenvalue weighted by atomic mass is 28.2. The summed E-state index contributed by atoms with van der Waals surface area (Å²) in [5, 5.41) is 5.48. The van der Waals surface area contributed by atoms with Gasteiger partial charge in [0, 0.05) is 0 Å². The van der Waals surface area contributed by atoms with Gasteiger partial charge in [-0.25, -0.2) is 0 Å². The van der Waals surface area contributed by atoms with Crippen molar-refractivity contribution in [3.05, 3.63) is 142 Å². The van der Waals surface area contributed by atoms with E-state index in [2.05, 4.69) is 115 Å².